The highest BCUT2D eigenvalue weighted by Crippen LogP contribution is 2.22. The van der Waals surface area contributed by atoms with Gasteiger partial charge in [-0.2, -0.15) is 5.26 Å². The molecular formula is C20H14FN3OS. The number of halogens is 1. The number of carbonyl (C=O) groups excluding carboxylic acids is 1. The zero-order chi connectivity index (χ0) is 18.4. The van der Waals surface area contributed by atoms with Crippen molar-refractivity contribution in [3.63, 3.8) is 0 Å². The average molecular weight is 363 g/mol. The minimum Gasteiger partial charge on any atom is -0.297 e. The second kappa shape index (κ2) is 8.19. The normalized spacial score (nSPS) is 11.0. The lowest BCUT2D eigenvalue weighted by Crippen LogP contribution is -2.13. The van der Waals surface area contributed by atoms with E-state index in [1.54, 1.807) is 18.3 Å². The molecule has 0 aliphatic carbocycles. The number of benzene rings is 2. The molecule has 128 valence electrons. The van der Waals surface area contributed by atoms with Crippen molar-refractivity contribution in [3.8, 4) is 6.07 Å². The van der Waals surface area contributed by atoms with Crippen molar-refractivity contribution in [2.75, 3.05) is 5.32 Å². The van der Waals surface area contributed by atoms with E-state index in [0.29, 0.717) is 11.6 Å². The van der Waals surface area contributed by atoms with Crippen molar-refractivity contribution in [3.05, 3.63) is 88.2 Å². The molecule has 1 amide bonds. The quantitative estimate of drug-likeness (QED) is 0.539. The van der Waals surface area contributed by atoms with Gasteiger partial charge in [0.1, 0.15) is 17.5 Å². The highest BCUT2D eigenvalue weighted by molar-refractivity contribution is 7.15. The number of rotatable bonds is 5. The molecule has 26 heavy (non-hydrogen) atoms. The maximum absolute atomic E-state index is 12.9. The molecular weight excluding hydrogens is 349 g/mol. The maximum atomic E-state index is 12.9. The molecule has 0 radical (unpaired) electrons. The molecule has 3 aromatic rings. The number of nitriles is 1. The molecule has 2 aromatic carbocycles. The number of nitrogens with zero attached hydrogens (tertiary/aromatic N) is 2. The van der Waals surface area contributed by atoms with Crippen LogP contribution in [0.4, 0.5) is 9.52 Å². The molecule has 0 aliphatic rings. The topological polar surface area (TPSA) is 65.8 Å². The van der Waals surface area contributed by atoms with E-state index in [-0.39, 0.29) is 11.4 Å². The number of nitrogens with one attached hydrogen (secondary N) is 1. The number of hydrogen-bond donors (Lipinski definition) is 1. The largest absolute Gasteiger partial charge is 0.297 e. The molecule has 0 fully saturated rings. The minimum absolute atomic E-state index is 0.00600. The fraction of sp³-hybridized carbons (Fsp3) is 0.0500. The predicted octanol–water partition coefficient (Wildman–Crippen LogP) is 4.42. The number of amides is 1. The molecule has 0 aliphatic heterocycles. The summed E-state index contributed by atoms with van der Waals surface area (Å²) in [6.07, 6.45) is 3.79. The van der Waals surface area contributed by atoms with E-state index < -0.39 is 5.91 Å². The lowest BCUT2D eigenvalue weighted by molar-refractivity contribution is -0.112. The van der Waals surface area contributed by atoms with Crippen LogP contribution in [0, 0.1) is 17.1 Å². The van der Waals surface area contributed by atoms with Gasteiger partial charge < -0.3 is 0 Å². The van der Waals surface area contributed by atoms with Gasteiger partial charge in [0.25, 0.3) is 5.91 Å². The first-order valence-corrected chi connectivity index (χ1v) is 8.63. The van der Waals surface area contributed by atoms with E-state index in [1.165, 1.54) is 29.5 Å². The van der Waals surface area contributed by atoms with Crippen LogP contribution in [0.2, 0.25) is 0 Å². The molecule has 6 heteroatoms. The van der Waals surface area contributed by atoms with Crippen LogP contribution >= 0.6 is 11.3 Å². The van der Waals surface area contributed by atoms with Crippen molar-refractivity contribution in [1.82, 2.24) is 4.98 Å². The Balaban J connectivity index is 1.68. The van der Waals surface area contributed by atoms with Crippen LogP contribution in [-0.2, 0) is 11.2 Å². The van der Waals surface area contributed by atoms with Gasteiger partial charge in [-0.1, -0.05) is 42.5 Å². The van der Waals surface area contributed by atoms with Gasteiger partial charge >= 0.3 is 0 Å². The molecule has 0 unspecified atom stereocenters. The van der Waals surface area contributed by atoms with Gasteiger partial charge in [0, 0.05) is 17.5 Å². The number of thiazole rings is 1. The monoisotopic (exact) mass is 363 g/mol. The van der Waals surface area contributed by atoms with Crippen molar-refractivity contribution in [1.29, 1.82) is 5.26 Å². The molecule has 0 bridgehead atoms. The Morgan fingerprint density at radius 3 is 2.62 bits per heavy atom. The van der Waals surface area contributed by atoms with Crippen LogP contribution in [0.25, 0.3) is 6.08 Å². The Kier molecular flexibility index (Phi) is 5.52. The Morgan fingerprint density at radius 2 is 1.92 bits per heavy atom. The van der Waals surface area contributed by atoms with E-state index in [0.717, 1.165) is 16.0 Å². The third-order valence-electron chi connectivity index (χ3n) is 3.54. The Hall–Kier alpha value is -3.30. The highest BCUT2D eigenvalue weighted by Gasteiger charge is 2.12. The van der Waals surface area contributed by atoms with Crippen molar-refractivity contribution < 1.29 is 9.18 Å². The summed E-state index contributed by atoms with van der Waals surface area (Å²) in [5.41, 5.74) is 1.73. The summed E-state index contributed by atoms with van der Waals surface area (Å²) in [6, 6.07) is 17.3. The second-order valence-corrected chi connectivity index (χ2v) is 6.58. The first-order chi connectivity index (χ1) is 12.6. The molecule has 0 atom stereocenters. The Morgan fingerprint density at radius 1 is 1.19 bits per heavy atom. The van der Waals surface area contributed by atoms with Crippen LogP contribution < -0.4 is 5.32 Å². The van der Waals surface area contributed by atoms with Crippen molar-refractivity contribution in [2.45, 2.75) is 6.42 Å². The summed E-state index contributed by atoms with van der Waals surface area (Å²) in [4.78, 5) is 17.4. The van der Waals surface area contributed by atoms with Gasteiger partial charge in [-0.15, -0.1) is 11.3 Å². The van der Waals surface area contributed by atoms with Crippen LogP contribution in [-0.4, -0.2) is 10.9 Å². The third kappa shape index (κ3) is 4.62. The van der Waals surface area contributed by atoms with Crippen LogP contribution in [0.5, 0.6) is 0 Å². The lowest BCUT2D eigenvalue weighted by Gasteiger charge is -2.00. The lowest BCUT2D eigenvalue weighted by atomic mass is 10.1. The predicted molar refractivity (Wildman–Crippen MR) is 100.0 cm³/mol. The first-order valence-electron chi connectivity index (χ1n) is 7.81. The number of anilines is 1. The number of aromatic nitrogens is 1. The van der Waals surface area contributed by atoms with Gasteiger partial charge in [-0.3, -0.25) is 10.1 Å². The van der Waals surface area contributed by atoms with Gasteiger partial charge in [-0.05, 0) is 29.3 Å². The van der Waals surface area contributed by atoms with Gasteiger partial charge in [0.2, 0.25) is 0 Å². The summed E-state index contributed by atoms with van der Waals surface area (Å²) in [7, 11) is 0. The Labute approximate surface area is 154 Å². The average Bonchev–Trinajstić information content (AvgIpc) is 3.09. The van der Waals surface area contributed by atoms with Gasteiger partial charge in [0.15, 0.2) is 5.13 Å². The van der Waals surface area contributed by atoms with Crippen molar-refractivity contribution >= 4 is 28.5 Å². The fourth-order valence-corrected chi connectivity index (χ4v) is 3.12. The summed E-state index contributed by atoms with van der Waals surface area (Å²) >= 11 is 1.32. The minimum atomic E-state index is -0.501. The van der Waals surface area contributed by atoms with E-state index in [4.69, 9.17) is 0 Å². The summed E-state index contributed by atoms with van der Waals surface area (Å²) in [6.45, 7) is 0. The summed E-state index contributed by atoms with van der Waals surface area (Å²) < 4.78 is 12.9. The van der Waals surface area contributed by atoms with Crippen molar-refractivity contribution in [2.24, 2.45) is 0 Å². The van der Waals surface area contributed by atoms with E-state index >= 15 is 0 Å². The smallest absolute Gasteiger partial charge is 0.268 e. The molecule has 0 saturated carbocycles. The standard InChI is InChI=1S/C20H14FN3OS/c21-17-8-6-15(7-9-17)11-18-13-23-20(26-18)24-19(25)16(12-22)10-14-4-2-1-3-5-14/h1-10,13H,11H2,(H,23,24,25)/b16-10-. The van der Waals surface area contributed by atoms with E-state index in [9.17, 15) is 14.4 Å². The molecule has 0 saturated heterocycles. The van der Waals surface area contributed by atoms with Gasteiger partial charge in [0.05, 0.1) is 0 Å². The maximum Gasteiger partial charge on any atom is 0.268 e. The SMILES string of the molecule is N#C/C(=C/c1ccccc1)C(=O)Nc1ncc(Cc2ccc(F)cc2)s1. The van der Waals surface area contributed by atoms with Crippen LogP contribution in [0.15, 0.2) is 66.4 Å². The van der Waals surface area contributed by atoms with E-state index in [1.807, 2.05) is 36.4 Å². The molecule has 1 aromatic heterocycles. The molecule has 0 spiro atoms. The molecule has 4 nitrogen and oxygen atoms in total. The summed E-state index contributed by atoms with van der Waals surface area (Å²) in [5.74, 6) is -0.778. The zero-order valence-corrected chi connectivity index (χ0v) is 14.5. The summed E-state index contributed by atoms with van der Waals surface area (Å²) in [5, 5.41) is 12.3. The molecule has 1 heterocycles. The number of hydrogen-bond acceptors (Lipinski definition) is 4. The molecule has 1 N–H and O–H groups in total. The third-order valence-corrected chi connectivity index (χ3v) is 4.45. The van der Waals surface area contributed by atoms with Crippen LogP contribution in [0.3, 0.4) is 0 Å². The van der Waals surface area contributed by atoms with Crippen LogP contribution in [0.1, 0.15) is 16.0 Å². The zero-order valence-electron chi connectivity index (χ0n) is 13.6. The second-order valence-electron chi connectivity index (χ2n) is 5.47. The molecule has 3 rings (SSSR count). The number of carbonyl (C=O) groups is 1. The first kappa shape index (κ1) is 17.5. The fourth-order valence-electron chi connectivity index (χ4n) is 2.28. The highest BCUT2D eigenvalue weighted by atomic mass is 32.1. The van der Waals surface area contributed by atoms with E-state index in [2.05, 4.69) is 10.3 Å². The Bertz CT molecular complexity index is 972. The van der Waals surface area contributed by atoms with Gasteiger partial charge in [-0.25, -0.2) is 9.37 Å².